The van der Waals surface area contributed by atoms with Crippen molar-refractivity contribution in [3.8, 4) is 11.2 Å². The van der Waals surface area contributed by atoms with Crippen LogP contribution in [-0.4, -0.2) is 0 Å². The Kier molecular flexibility index (Phi) is 6.29. The van der Waals surface area contributed by atoms with Crippen LogP contribution >= 0.6 is 30.1 Å². The number of halogens is 5. The third-order valence-electron chi connectivity index (χ3n) is 2.35. The Morgan fingerprint density at radius 3 is 2.06 bits per heavy atom. The van der Waals surface area contributed by atoms with Crippen molar-refractivity contribution in [1.82, 2.24) is 0 Å². The molecule has 1 aromatic rings. The van der Waals surface area contributed by atoms with Crippen LogP contribution in [0.3, 0.4) is 0 Å². The van der Waals surface area contributed by atoms with E-state index in [0.29, 0.717) is 12.8 Å². The van der Waals surface area contributed by atoms with E-state index in [9.17, 15) is 17.6 Å². The van der Waals surface area contributed by atoms with Crippen LogP contribution in [0.1, 0.15) is 30.9 Å². The fourth-order valence-corrected chi connectivity index (χ4v) is 1.90. The number of hydrogen-bond acceptors (Lipinski definition) is 1. The Balaban J connectivity index is 3.35. The molecule has 0 unspecified atom stereocenters. The molecule has 0 bridgehead atoms. The fourth-order valence-electron chi connectivity index (χ4n) is 1.43. The van der Waals surface area contributed by atoms with Crippen molar-refractivity contribution >= 4 is 30.1 Å². The summed E-state index contributed by atoms with van der Waals surface area (Å²) in [5, 5.41) is 2.30. The topological polar surface area (TPSA) is 0 Å². The first-order valence-electron chi connectivity index (χ1n) is 5.18. The maximum Gasteiger partial charge on any atom is 0.177 e. The van der Waals surface area contributed by atoms with E-state index < -0.39 is 34.4 Å². The zero-order valence-corrected chi connectivity index (χ0v) is 12.4. The van der Waals surface area contributed by atoms with Gasteiger partial charge >= 0.3 is 0 Å². The summed E-state index contributed by atoms with van der Waals surface area (Å²) in [6, 6.07) is 0. The van der Waals surface area contributed by atoms with E-state index in [0.717, 1.165) is 8.93 Å². The Labute approximate surface area is 119 Å². The lowest BCUT2D eigenvalue weighted by Crippen LogP contribution is -2.07. The molecule has 0 amide bonds. The highest BCUT2D eigenvalue weighted by Crippen LogP contribution is 2.25. The average molecular weight is 388 g/mol. The van der Waals surface area contributed by atoms with Crippen molar-refractivity contribution in [1.29, 1.82) is 0 Å². The Morgan fingerprint density at radius 1 is 1.06 bits per heavy atom. The molecule has 6 heteroatoms. The highest BCUT2D eigenvalue weighted by molar-refractivity contribution is 14.2. The van der Waals surface area contributed by atoms with Crippen molar-refractivity contribution < 1.29 is 17.6 Å². The van der Waals surface area contributed by atoms with Gasteiger partial charge in [-0.15, -0.1) is 0 Å². The molecule has 0 aliphatic heterocycles. The normalized spacial score (nSPS) is 10.1. The maximum atomic E-state index is 13.6. The highest BCUT2D eigenvalue weighted by Gasteiger charge is 2.23. The molecule has 98 valence electrons. The van der Waals surface area contributed by atoms with Gasteiger partial charge in [0.05, 0.1) is 0 Å². The van der Waals surface area contributed by atoms with Crippen LogP contribution in [0.2, 0.25) is 0 Å². The average Bonchev–Trinajstić information content (AvgIpc) is 2.37. The molecule has 0 radical (unpaired) electrons. The SMILES string of the molecule is CCCCc1c(F)c(F)c(C#CSI)c(F)c1F. The molecule has 1 rings (SSSR count). The van der Waals surface area contributed by atoms with Crippen molar-refractivity contribution in [3.05, 3.63) is 34.4 Å². The maximum absolute atomic E-state index is 13.6. The minimum Gasteiger partial charge on any atom is -0.203 e. The molecule has 0 nitrogen and oxygen atoms in total. The summed E-state index contributed by atoms with van der Waals surface area (Å²) in [5.41, 5.74) is -1.39. The van der Waals surface area contributed by atoms with Crippen LogP contribution in [0, 0.1) is 34.4 Å². The van der Waals surface area contributed by atoms with Crippen molar-refractivity contribution in [2.75, 3.05) is 0 Å². The molecule has 0 saturated carbocycles. The summed E-state index contributed by atoms with van der Waals surface area (Å²) < 4.78 is 54.3. The van der Waals surface area contributed by atoms with Gasteiger partial charge in [0.25, 0.3) is 0 Å². The van der Waals surface area contributed by atoms with Crippen molar-refractivity contribution in [2.24, 2.45) is 0 Å². The minimum atomic E-state index is -1.42. The second-order valence-electron chi connectivity index (χ2n) is 3.52. The largest absolute Gasteiger partial charge is 0.203 e. The molecule has 0 aliphatic rings. The Hall–Kier alpha value is -0.420. The second kappa shape index (κ2) is 7.24. The minimum absolute atomic E-state index is 0.0310. The van der Waals surface area contributed by atoms with Gasteiger partial charge in [0.2, 0.25) is 0 Å². The molecule has 0 aromatic heterocycles. The van der Waals surface area contributed by atoms with Crippen molar-refractivity contribution in [2.45, 2.75) is 26.2 Å². The zero-order valence-electron chi connectivity index (χ0n) is 9.42. The summed E-state index contributed by atoms with van der Waals surface area (Å²) in [5.74, 6) is -3.45. The van der Waals surface area contributed by atoms with Gasteiger partial charge in [0.1, 0.15) is 5.56 Å². The molecule has 1 aromatic carbocycles. The lowest BCUT2D eigenvalue weighted by molar-refractivity contribution is 0.434. The van der Waals surface area contributed by atoms with Gasteiger partial charge in [-0.2, -0.15) is 0 Å². The van der Waals surface area contributed by atoms with E-state index in [1.807, 2.05) is 6.92 Å². The molecule has 0 aliphatic carbocycles. The van der Waals surface area contributed by atoms with Crippen LogP contribution in [0.5, 0.6) is 0 Å². The van der Waals surface area contributed by atoms with Gasteiger partial charge in [-0.3, -0.25) is 0 Å². The first kappa shape index (κ1) is 15.6. The van der Waals surface area contributed by atoms with Crippen molar-refractivity contribution in [3.63, 3.8) is 0 Å². The van der Waals surface area contributed by atoms with Gasteiger partial charge in [-0.1, -0.05) is 13.3 Å². The molecule has 0 N–H and O–H groups in total. The summed E-state index contributed by atoms with van der Waals surface area (Å²) in [6.07, 6.45) is 1.10. The molecule has 18 heavy (non-hydrogen) atoms. The summed E-state index contributed by atoms with van der Waals surface area (Å²) in [4.78, 5) is 0. The Bertz CT molecular complexity index is 469. The van der Waals surface area contributed by atoms with Gasteiger partial charge < -0.3 is 0 Å². The molecule has 0 atom stereocenters. The van der Waals surface area contributed by atoms with E-state index in [1.165, 1.54) is 0 Å². The first-order chi connectivity index (χ1) is 8.54. The molecule has 0 saturated heterocycles. The Morgan fingerprint density at radius 2 is 1.61 bits per heavy atom. The monoisotopic (exact) mass is 388 g/mol. The van der Waals surface area contributed by atoms with E-state index in [2.05, 4.69) is 11.2 Å². The number of rotatable bonds is 3. The van der Waals surface area contributed by atoms with Gasteiger partial charge in [0, 0.05) is 26.8 Å². The number of hydrogen-bond donors (Lipinski definition) is 0. The van der Waals surface area contributed by atoms with Crippen LogP contribution in [0.15, 0.2) is 0 Å². The van der Waals surface area contributed by atoms with Gasteiger partial charge in [0.15, 0.2) is 23.3 Å². The van der Waals surface area contributed by atoms with E-state index >= 15 is 0 Å². The number of unbranched alkanes of at least 4 members (excludes halogenated alkanes) is 1. The quantitative estimate of drug-likeness (QED) is 0.305. The summed E-state index contributed by atoms with van der Waals surface area (Å²) in [6.45, 7) is 1.82. The van der Waals surface area contributed by atoms with Crippen LogP contribution in [0.4, 0.5) is 17.6 Å². The van der Waals surface area contributed by atoms with Gasteiger partial charge in [-0.25, -0.2) is 17.6 Å². The predicted molar refractivity (Wildman–Crippen MR) is 73.4 cm³/mol. The molecular weight excluding hydrogens is 379 g/mol. The third kappa shape index (κ3) is 3.32. The number of benzene rings is 1. The lowest BCUT2D eigenvalue weighted by atomic mass is 10.0. The molecular formula is C12H9F4IS. The van der Waals surface area contributed by atoms with Crippen LogP contribution < -0.4 is 0 Å². The summed E-state index contributed by atoms with van der Waals surface area (Å²) >= 11 is 1.79. The van der Waals surface area contributed by atoms with E-state index in [-0.39, 0.29) is 6.42 Å². The van der Waals surface area contributed by atoms with Crippen LogP contribution in [-0.2, 0) is 6.42 Å². The molecule has 0 fully saturated rings. The van der Waals surface area contributed by atoms with Gasteiger partial charge in [-0.05, 0) is 32.9 Å². The van der Waals surface area contributed by atoms with Crippen LogP contribution in [0.25, 0.3) is 0 Å². The molecule has 0 spiro atoms. The first-order valence-corrected chi connectivity index (χ1v) is 8.53. The predicted octanol–water partition coefficient (Wildman–Crippen LogP) is 4.98. The highest BCUT2D eigenvalue weighted by atomic mass is 127. The third-order valence-corrected chi connectivity index (χ3v) is 3.19. The standard InChI is InChI=1S/C12H9F4IS/c1-2-3-4-7-9(13)11(15)8(5-6-18-17)12(16)10(7)14/h2-4H2,1H3. The molecule has 0 heterocycles. The zero-order chi connectivity index (χ0) is 13.7. The smallest absolute Gasteiger partial charge is 0.177 e. The fraction of sp³-hybridized carbons (Fsp3) is 0.333. The van der Waals surface area contributed by atoms with E-state index in [1.54, 1.807) is 21.2 Å². The summed E-state index contributed by atoms with van der Waals surface area (Å²) in [7, 11) is 0.974. The second-order valence-corrected chi connectivity index (χ2v) is 5.20. The lowest BCUT2D eigenvalue weighted by Gasteiger charge is -2.08. The van der Waals surface area contributed by atoms with E-state index in [4.69, 9.17) is 0 Å².